The zero-order valence-electron chi connectivity index (χ0n) is 11.7. The van der Waals surface area contributed by atoms with Gasteiger partial charge in [0.2, 0.25) is 0 Å². The number of alkyl halides is 1. The number of rotatable bonds is 6. The van der Waals surface area contributed by atoms with Crippen LogP contribution in [-0.2, 0) is 6.42 Å². The van der Waals surface area contributed by atoms with Gasteiger partial charge in [0, 0.05) is 10.8 Å². The molecule has 2 rings (SSSR count). The molecule has 104 valence electrons. The summed E-state index contributed by atoms with van der Waals surface area (Å²) in [7, 11) is 0. The number of hydrogen-bond donors (Lipinski definition) is 1. The van der Waals surface area contributed by atoms with Crippen LogP contribution in [-0.4, -0.2) is 21.4 Å². The maximum atomic E-state index is 6.15. The van der Waals surface area contributed by atoms with Gasteiger partial charge in [-0.2, -0.15) is 0 Å². The molecule has 2 heterocycles. The van der Waals surface area contributed by atoms with E-state index in [9.17, 15) is 0 Å². The molecule has 0 radical (unpaired) electrons. The van der Waals surface area contributed by atoms with E-state index in [1.165, 1.54) is 4.88 Å². The lowest BCUT2D eigenvalue weighted by Crippen LogP contribution is -2.39. The van der Waals surface area contributed by atoms with Gasteiger partial charge in [0.25, 0.3) is 0 Å². The zero-order chi connectivity index (χ0) is 13.9. The Morgan fingerprint density at radius 3 is 2.58 bits per heavy atom. The summed E-state index contributed by atoms with van der Waals surface area (Å²) in [4.78, 5) is 11.1. The van der Waals surface area contributed by atoms with Gasteiger partial charge in [-0.25, -0.2) is 9.97 Å². The average Bonchev–Trinajstić information content (AvgIpc) is 2.89. The molecule has 0 fully saturated rings. The molecule has 5 heteroatoms. The molecule has 0 aliphatic rings. The van der Waals surface area contributed by atoms with E-state index >= 15 is 0 Å². The fourth-order valence-electron chi connectivity index (χ4n) is 2.08. The van der Waals surface area contributed by atoms with Crippen LogP contribution < -0.4 is 5.32 Å². The minimum Gasteiger partial charge on any atom is -0.363 e. The van der Waals surface area contributed by atoms with E-state index in [1.54, 1.807) is 17.7 Å². The molecule has 0 saturated heterocycles. The zero-order valence-corrected chi connectivity index (χ0v) is 13.2. The summed E-state index contributed by atoms with van der Waals surface area (Å²) >= 11 is 7.89. The number of aryl methyl sites for hydroxylation is 1. The van der Waals surface area contributed by atoms with Crippen molar-refractivity contribution in [1.82, 2.24) is 9.97 Å². The van der Waals surface area contributed by atoms with Crippen LogP contribution in [0.25, 0.3) is 10.2 Å². The molecule has 0 aromatic carbocycles. The Balaban J connectivity index is 2.42. The molecule has 0 aliphatic carbocycles. The highest BCUT2D eigenvalue weighted by Crippen LogP contribution is 2.31. The van der Waals surface area contributed by atoms with Crippen LogP contribution in [0.5, 0.6) is 0 Å². The number of nitrogens with one attached hydrogen (secondary N) is 1. The highest BCUT2D eigenvalue weighted by atomic mass is 35.5. The Morgan fingerprint density at radius 2 is 2.00 bits per heavy atom. The van der Waals surface area contributed by atoms with Gasteiger partial charge < -0.3 is 5.32 Å². The first-order valence-electron chi connectivity index (χ1n) is 6.75. The maximum Gasteiger partial charge on any atom is 0.138 e. The van der Waals surface area contributed by atoms with Crippen molar-refractivity contribution in [3.8, 4) is 0 Å². The molecule has 0 unspecified atom stereocenters. The van der Waals surface area contributed by atoms with Gasteiger partial charge in [0.1, 0.15) is 17.0 Å². The second-order valence-electron chi connectivity index (χ2n) is 4.75. The van der Waals surface area contributed by atoms with Crippen LogP contribution in [0.15, 0.2) is 12.4 Å². The van der Waals surface area contributed by atoms with Crippen molar-refractivity contribution in [3.05, 3.63) is 17.3 Å². The summed E-state index contributed by atoms with van der Waals surface area (Å²) in [6, 6.07) is 2.19. The van der Waals surface area contributed by atoms with Crippen LogP contribution in [0.4, 0.5) is 5.82 Å². The molecule has 0 aliphatic heterocycles. The lowest BCUT2D eigenvalue weighted by molar-refractivity contribution is 0.483. The molecule has 0 bridgehead atoms. The lowest BCUT2D eigenvalue weighted by atomic mass is 9.95. The maximum absolute atomic E-state index is 6.15. The standard InChI is InChI=1S/C14H20ClN3S/c1-4-10-7-11-12(16-9-17-13(11)19-10)18-14(5-2,6-3)8-15/h7,9H,4-6,8H2,1-3H3,(H,16,17,18). The van der Waals surface area contributed by atoms with Gasteiger partial charge in [0.15, 0.2) is 0 Å². The lowest BCUT2D eigenvalue weighted by Gasteiger charge is -2.31. The second-order valence-corrected chi connectivity index (χ2v) is 6.14. The summed E-state index contributed by atoms with van der Waals surface area (Å²) in [6.07, 6.45) is 4.61. The SMILES string of the molecule is CCc1cc2c(NC(CC)(CC)CCl)ncnc2s1. The van der Waals surface area contributed by atoms with Gasteiger partial charge >= 0.3 is 0 Å². The Morgan fingerprint density at radius 1 is 1.26 bits per heavy atom. The van der Waals surface area contributed by atoms with E-state index < -0.39 is 0 Å². The molecule has 3 nitrogen and oxygen atoms in total. The third-order valence-electron chi connectivity index (χ3n) is 3.72. The van der Waals surface area contributed by atoms with Crippen LogP contribution in [0.2, 0.25) is 0 Å². The molecular weight excluding hydrogens is 278 g/mol. The van der Waals surface area contributed by atoms with Gasteiger partial charge in [-0.3, -0.25) is 0 Å². The molecular formula is C14H20ClN3S. The Hall–Kier alpha value is -0.870. The monoisotopic (exact) mass is 297 g/mol. The van der Waals surface area contributed by atoms with Crippen molar-refractivity contribution in [2.45, 2.75) is 45.6 Å². The number of nitrogens with zero attached hydrogens (tertiary/aromatic N) is 2. The van der Waals surface area contributed by atoms with E-state index in [0.717, 1.165) is 35.3 Å². The van der Waals surface area contributed by atoms with E-state index in [1.807, 2.05) is 0 Å². The van der Waals surface area contributed by atoms with Crippen molar-refractivity contribution in [2.24, 2.45) is 0 Å². The van der Waals surface area contributed by atoms with Crippen molar-refractivity contribution < 1.29 is 0 Å². The molecule has 0 amide bonds. The molecule has 1 N–H and O–H groups in total. The average molecular weight is 298 g/mol. The van der Waals surface area contributed by atoms with Crippen LogP contribution >= 0.6 is 22.9 Å². The van der Waals surface area contributed by atoms with E-state index in [2.05, 4.69) is 42.1 Å². The highest BCUT2D eigenvalue weighted by molar-refractivity contribution is 7.18. The minimum absolute atomic E-state index is 0.0862. The summed E-state index contributed by atoms with van der Waals surface area (Å²) in [5, 5.41) is 4.66. The number of halogens is 1. The number of thiophene rings is 1. The topological polar surface area (TPSA) is 37.8 Å². The Labute approximate surface area is 123 Å². The largest absolute Gasteiger partial charge is 0.363 e. The summed E-state index contributed by atoms with van der Waals surface area (Å²) in [5.74, 6) is 1.49. The normalized spacial score (nSPS) is 12.0. The third kappa shape index (κ3) is 2.84. The van der Waals surface area contributed by atoms with Gasteiger partial charge in [-0.15, -0.1) is 22.9 Å². The van der Waals surface area contributed by atoms with Crippen LogP contribution in [0, 0.1) is 0 Å². The fraction of sp³-hybridized carbons (Fsp3) is 0.571. The smallest absolute Gasteiger partial charge is 0.138 e. The number of fused-ring (bicyclic) bond motifs is 1. The van der Waals surface area contributed by atoms with Gasteiger partial charge in [-0.05, 0) is 25.3 Å². The van der Waals surface area contributed by atoms with Crippen molar-refractivity contribution in [2.75, 3.05) is 11.2 Å². The third-order valence-corrected chi connectivity index (χ3v) is 5.42. The predicted molar refractivity (Wildman–Crippen MR) is 84.4 cm³/mol. The van der Waals surface area contributed by atoms with E-state index in [-0.39, 0.29) is 5.54 Å². The predicted octanol–water partition coefficient (Wildman–Crippen LogP) is 4.46. The number of anilines is 1. The second kappa shape index (κ2) is 6.06. The molecule has 2 aromatic rings. The quantitative estimate of drug-likeness (QED) is 0.800. The molecule has 0 saturated carbocycles. The Kier molecular flexibility index (Phi) is 4.63. The van der Waals surface area contributed by atoms with Crippen LogP contribution in [0.1, 0.15) is 38.5 Å². The summed E-state index contributed by atoms with van der Waals surface area (Å²) in [6.45, 7) is 6.47. The molecule has 19 heavy (non-hydrogen) atoms. The van der Waals surface area contributed by atoms with Crippen LogP contribution in [0.3, 0.4) is 0 Å². The van der Waals surface area contributed by atoms with Crippen molar-refractivity contribution in [1.29, 1.82) is 0 Å². The van der Waals surface area contributed by atoms with Gasteiger partial charge in [-0.1, -0.05) is 20.8 Å². The molecule has 2 aromatic heterocycles. The van der Waals surface area contributed by atoms with Gasteiger partial charge in [0.05, 0.1) is 10.9 Å². The summed E-state index contributed by atoms with van der Waals surface area (Å²) in [5.41, 5.74) is -0.0862. The summed E-state index contributed by atoms with van der Waals surface area (Å²) < 4.78 is 0. The number of aromatic nitrogens is 2. The van der Waals surface area contributed by atoms with Crippen molar-refractivity contribution >= 4 is 39.0 Å². The molecule has 0 spiro atoms. The van der Waals surface area contributed by atoms with E-state index in [0.29, 0.717) is 5.88 Å². The first-order valence-corrected chi connectivity index (χ1v) is 8.10. The number of hydrogen-bond acceptors (Lipinski definition) is 4. The van der Waals surface area contributed by atoms with Crippen molar-refractivity contribution in [3.63, 3.8) is 0 Å². The molecule has 0 atom stereocenters. The fourth-order valence-corrected chi connectivity index (χ4v) is 3.46. The first-order chi connectivity index (χ1) is 9.18. The first kappa shape index (κ1) is 14.5. The Bertz CT molecular complexity index is 540. The minimum atomic E-state index is -0.0862. The van der Waals surface area contributed by atoms with E-state index in [4.69, 9.17) is 11.6 Å². The highest BCUT2D eigenvalue weighted by Gasteiger charge is 2.26.